The standard InChI is InChI=1S/C42H66O14/c1-19-10-15-41(36(49)50)16-17-42(37(51)52)22(27(41)20(19)2)8-9-25-39(6)13-12-26(38(4,5)24(39)11-14-40(25,42)7)56-35-33(48)31(46)29(44)23(55-35)18-53-34-32(47)30(45)28(43)21(3)54-34/h8,19-21,23-35,43-48H,9-18H2,1-7H3,(H,49,50)(H,51,52)/t19-,20+,21-,23-,24+,25-,26+,27-,28+,29-,30+,31+,32-,33-,34-,35+,39+,40-,41+,42-/m1/s1. The highest BCUT2D eigenvalue weighted by Crippen LogP contribution is 2.76. The Labute approximate surface area is 329 Å². The molecule has 2 heterocycles. The van der Waals surface area contributed by atoms with Crippen LogP contribution in [0.5, 0.6) is 0 Å². The highest BCUT2D eigenvalue weighted by Gasteiger charge is 2.73. The quantitative estimate of drug-likeness (QED) is 0.137. The van der Waals surface area contributed by atoms with E-state index in [9.17, 15) is 50.4 Å². The molecule has 5 aliphatic carbocycles. The maximum Gasteiger partial charge on any atom is 0.314 e. The Balaban J connectivity index is 1.12. The van der Waals surface area contributed by atoms with E-state index in [4.69, 9.17) is 18.9 Å². The van der Waals surface area contributed by atoms with Gasteiger partial charge >= 0.3 is 11.9 Å². The number of carboxylic acids is 2. The number of hydrogen-bond acceptors (Lipinski definition) is 12. The summed E-state index contributed by atoms with van der Waals surface area (Å²) in [5.74, 6) is -1.53. The zero-order chi connectivity index (χ0) is 41.1. The van der Waals surface area contributed by atoms with Crippen molar-refractivity contribution in [2.45, 2.75) is 174 Å². The molecule has 0 spiro atoms. The molecule has 318 valence electrons. The number of carboxylic acid groups (broad SMARTS) is 2. The first-order valence-electron chi connectivity index (χ1n) is 20.9. The van der Waals surface area contributed by atoms with Crippen molar-refractivity contribution in [1.29, 1.82) is 0 Å². The molecule has 0 aromatic heterocycles. The van der Waals surface area contributed by atoms with E-state index < -0.39 is 101 Å². The molecule has 0 unspecified atom stereocenters. The van der Waals surface area contributed by atoms with E-state index >= 15 is 0 Å². The maximum atomic E-state index is 13.9. The van der Waals surface area contributed by atoms with Crippen molar-refractivity contribution in [3.8, 4) is 0 Å². The molecule has 0 aromatic carbocycles. The molecule has 6 fully saturated rings. The molecule has 7 aliphatic rings. The summed E-state index contributed by atoms with van der Waals surface area (Å²) in [5.41, 5.74) is -2.66. The van der Waals surface area contributed by atoms with Gasteiger partial charge < -0.3 is 59.8 Å². The van der Waals surface area contributed by atoms with Crippen molar-refractivity contribution in [2.24, 2.45) is 56.7 Å². The number of fused-ring (bicyclic) bond motifs is 7. The average Bonchev–Trinajstić information content (AvgIpc) is 3.14. The van der Waals surface area contributed by atoms with E-state index in [1.807, 2.05) is 0 Å². The molecular formula is C42H66O14. The van der Waals surface area contributed by atoms with Crippen molar-refractivity contribution in [3.05, 3.63) is 11.6 Å². The molecule has 8 N–H and O–H groups in total. The third-order valence-electron chi connectivity index (χ3n) is 17.4. The predicted molar refractivity (Wildman–Crippen MR) is 198 cm³/mol. The van der Waals surface area contributed by atoms with Gasteiger partial charge in [-0.2, -0.15) is 0 Å². The van der Waals surface area contributed by atoms with Gasteiger partial charge in [0.25, 0.3) is 0 Å². The van der Waals surface area contributed by atoms with Crippen LogP contribution in [0.3, 0.4) is 0 Å². The zero-order valence-electron chi connectivity index (χ0n) is 33.9. The topological polar surface area (TPSA) is 233 Å². The summed E-state index contributed by atoms with van der Waals surface area (Å²) < 4.78 is 23.8. The Kier molecular flexibility index (Phi) is 11.0. The summed E-state index contributed by atoms with van der Waals surface area (Å²) in [6.45, 7) is 14.1. The summed E-state index contributed by atoms with van der Waals surface area (Å²) in [4.78, 5) is 27.0. The van der Waals surface area contributed by atoms with Crippen LogP contribution < -0.4 is 0 Å². The zero-order valence-corrected chi connectivity index (χ0v) is 33.9. The van der Waals surface area contributed by atoms with Crippen LogP contribution in [-0.4, -0.2) is 127 Å². The summed E-state index contributed by atoms with van der Waals surface area (Å²) in [5, 5.41) is 85.6. The fourth-order valence-corrected chi connectivity index (χ4v) is 13.9. The van der Waals surface area contributed by atoms with Crippen LogP contribution in [0.15, 0.2) is 11.6 Å². The van der Waals surface area contributed by atoms with E-state index in [-0.39, 0.29) is 35.7 Å². The number of rotatable bonds is 7. The number of aliphatic hydroxyl groups is 6. The molecule has 4 saturated carbocycles. The van der Waals surface area contributed by atoms with E-state index in [1.165, 1.54) is 6.92 Å². The third-order valence-corrected chi connectivity index (χ3v) is 17.4. The van der Waals surface area contributed by atoms with Gasteiger partial charge in [0.05, 0.1) is 29.6 Å². The molecule has 0 bridgehead atoms. The fraction of sp³-hybridized carbons (Fsp3) is 0.905. The summed E-state index contributed by atoms with van der Waals surface area (Å²) in [7, 11) is 0. The van der Waals surface area contributed by atoms with Gasteiger partial charge in [-0.3, -0.25) is 9.59 Å². The Hall–Kier alpha value is -1.72. The minimum atomic E-state index is -1.64. The van der Waals surface area contributed by atoms with Gasteiger partial charge in [-0.25, -0.2) is 0 Å². The number of aliphatic hydroxyl groups excluding tert-OH is 6. The van der Waals surface area contributed by atoms with Crippen LogP contribution in [0.25, 0.3) is 0 Å². The van der Waals surface area contributed by atoms with Crippen LogP contribution in [0.2, 0.25) is 0 Å². The molecule has 0 aromatic rings. The SMILES string of the molecule is C[C@H]1[C@H](C)CC[C@]2(C(=O)O)CC[C@]3(C(=O)O)C(=CC[C@@H]4[C@@]5(C)CC[C@H](O[C@@H]6O[C@H](CO[C@@H]7O[C@H](C)[C@H](O)[C@H](O)[C@H]7O)[C@@H](O)[C@H](O)[C@H]6O)C(C)(C)[C@@H]5CC[C@]43C)[C@@H]12. The average molecular weight is 795 g/mol. The second-order valence-electron chi connectivity index (χ2n) is 20.0. The van der Waals surface area contributed by atoms with Crippen LogP contribution in [0.4, 0.5) is 0 Å². The second kappa shape index (κ2) is 14.5. The number of ether oxygens (including phenoxy) is 4. The first-order chi connectivity index (χ1) is 26.1. The Morgan fingerprint density at radius 2 is 1.39 bits per heavy atom. The minimum absolute atomic E-state index is 0.0113. The van der Waals surface area contributed by atoms with Crippen molar-refractivity contribution >= 4 is 11.9 Å². The molecule has 0 radical (unpaired) electrons. The van der Waals surface area contributed by atoms with Crippen LogP contribution in [-0.2, 0) is 28.5 Å². The van der Waals surface area contributed by atoms with Crippen LogP contribution >= 0.6 is 0 Å². The summed E-state index contributed by atoms with van der Waals surface area (Å²) in [6.07, 6.45) is -6.83. The van der Waals surface area contributed by atoms with Gasteiger partial charge in [-0.1, -0.05) is 53.2 Å². The third kappa shape index (κ3) is 5.93. The lowest BCUT2D eigenvalue weighted by Gasteiger charge is -2.70. The molecule has 14 nitrogen and oxygen atoms in total. The van der Waals surface area contributed by atoms with Crippen molar-refractivity contribution < 1.29 is 69.4 Å². The largest absolute Gasteiger partial charge is 0.481 e. The van der Waals surface area contributed by atoms with E-state index in [0.29, 0.717) is 50.9 Å². The summed E-state index contributed by atoms with van der Waals surface area (Å²) >= 11 is 0. The minimum Gasteiger partial charge on any atom is -0.481 e. The molecule has 2 aliphatic heterocycles. The number of hydrogen-bond donors (Lipinski definition) is 8. The van der Waals surface area contributed by atoms with Crippen LogP contribution in [0.1, 0.15) is 106 Å². The van der Waals surface area contributed by atoms with Crippen molar-refractivity contribution in [3.63, 3.8) is 0 Å². The second-order valence-corrected chi connectivity index (χ2v) is 20.0. The first kappa shape index (κ1) is 42.4. The highest BCUT2D eigenvalue weighted by molar-refractivity contribution is 5.84. The normalized spacial score (nSPS) is 54.1. The molecule has 20 atom stereocenters. The Morgan fingerprint density at radius 3 is 2.05 bits per heavy atom. The molecule has 0 amide bonds. The molecular weight excluding hydrogens is 728 g/mol. The fourth-order valence-electron chi connectivity index (χ4n) is 13.9. The molecule has 7 rings (SSSR count). The van der Waals surface area contributed by atoms with E-state index in [0.717, 1.165) is 18.4 Å². The van der Waals surface area contributed by atoms with Crippen molar-refractivity contribution in [2.75, 3.05) is 6.61 Å². The summed E-state index contributed by atoms with van der Waals surface area (Å²) in [6, 6.07) is 0. The van der Waals surface area contributed by atoms with E-state index in [1.54, 1.807) is 0 Å². The van der Waals surface area contributed by atoms with Gasteiger partial charge in [0.15, 0.2) is 12.6 Å². The van der Waals surface area contributed by atoms with Gasteiger partial charge in [0.1, 0.15) is 42.7 Å². The first-order valence-corrected chi connectivity index (χ1v) is 20.9. The Bertz CT molecular complexity index is 1550. The van der Waals surface area contributed by atoms with E-state index in [2.05, 4.69) is 47.6 Å². The van der Waals surface area contributed by atoms with Gasteiger partial charge in [-0.15, -0.1) is 0 Å². The number of aliphatic carboxylic acids is 2. The lowest BCUT2D eigenvalue weighted by atomic mass is 9.33. The van der Waals surface area contributed by atoms with Gasteiger partial charge in [-0.05, 0) is 111 Å². The molecule has 2 saturated heterocycles. The molecule has 14 heteroatoms. The smallest absolute Gasteiger partial charge is 0.314 e. The predicted octanol–water partition coefficient (Wildman–Crippen LogP) is 2.83. The van der Waals surface area contributed by atoms with Gasteiger partial charge in [0.2, 0.25) is 0 Å². The Morgan fingerprint density at radius 1 is 0.732 bits per heavy atom. The monoisotopic (exact) mass is 794 g/mol. The lowest BCUT2D eigenvalue weighted by Crippen LogP contribution is -2.68. The number of carbonyl (C=O) groups is 2. The van der Waals surface area contributed by atoms with Crippen molar-refractivity contribution in [1.82, 2.24) is 0 Å². The van der Waals surface area contributed by atoms with Gasteiger partial charge in [0, 0.05) is 0 Å². The highest BCUT2D eigenvalue weighted by atomic mass is 16.7. The molecule has 56 heavy (non-hydrogen) atoms. The van der Waals surface area contributed by atoms with Crippen LogP contribution in [0, 0.1) is 56.7 Å². The lowest BCUT2D eigenvalue weighted by molar-refractivity contribution is -0.344. The number of allylic oxidation sites excluding steroid dienone is 1. The maximum absolute atomic E-state index is 13.9.